The molecule has 1 aliphatic carbocycles. The third-order valence-electron chi connectivity index (χ3n) is 2.71. The van der Waals surface area contributed by atoms with Gasteiger partial charge in [0.1, 0.15) is 0 Å². The smallest absolute Gasteiger partial charge is 0.223 e. The minimum Gasteiger partial charge on any atom is -0.353 e. The maximum Gasteiger partial charge on any atom is 0.223 e. The molecule has 3 nitrogen and oxygen atoms in total. The van der Waals surface area contributed by atoms with Gasteiger partial charge in [0.15, 0.2) is 0 Å². The summed E-state index contributed by atoms with van der Waals surface area (Å²) in [6.45, 7) is 2.66. The van der Waals surface area contributed by atoms with Gasteiger partial charge in [-0.05, 0) is 32.7 Å². The molecule has 0 saturated heterocycles. The zero-order valence-corrected chi connectivity index (χ0v) is 8.38. The molecular formula is C10H20N2O. The highest BCUT2D eigenvalue weighted by Crippen LogP contribution is 2.24. The van der Waals surface area contributed by atoms with Crippen LogP contribution in [0, 0.1) is 5.92 Å². The molecule has 0 radical (unpaired) electrons. The number of carbonyl (C=O) groups excluding carboxylic acids is 1. The fourth-order valence-electron chi connectivity index (χ4n) is 1.87. The Kier molecular flexibility index (Phi) is 4.22. The van der Waals surface area contributed by atoms with Gasteiger partial charge in [-0.2, -0.15) is 0 Å². The van der Waals surface area contributed by atoms with Crippen molar-refractivity contribution in [3.05, 3.63) is 0 Å². The number of nitrogens with two attached hydrogens (primary N) is 1. The lowest BCUT2D eigenvalue weighted by Crippen LogP contribution is -2.37. The van der Waals surface area contributed by atoms with E-state index in [9.17, 15) is 4.79 Å². The predicted molar refractivity (Wildman–Crippen MR) is 53.2 cm³/mol. The molecular weight excluding hydrogens is 164 g/mol. The van der Waals surface area contributed by atoms with Gasteiger partial charge in [0.25, 0.3) is 0 Å². The quantitative estimate of drug-likeness (QED) is 0.685. The van der Waals surface area contributed by atoms with E-state index in [0.29, 0.717) is 6.54 Å². The van der Waals surface area contributed by atoms with Gasteiger partial charge in [0.2, 0.25) is 5.91 Å². The summed E-state index contributed by atoms with van der Waals surface area (Å²) in [5.74, 6) is 0.513. The Morgan fingerprint density at radius 3 is 2.69 bits per heavy atom. The van der Waals surface area contributed by atoms with E-state index in [1.165, 1.54) is 12.8 Å². The normalized spacial score (nSPS) is 20.2. The number of hydrogen-bond acceptors (Lipinski definition) is 2. The molecule has 13 heavy (non-hydrogen) atoms. The zero-order valence-electron chi connectivity index (χ0n) is 8.38. The molecule has 0 aromatic carbocycles. The molecule has 1 rings (SSSR count). The van der Waals surface area contributed by atoms with Crippen LogP contribution in [0.4, 0.5) is 0 Å². The first-order valence-corrected chi connectivity index (χ1v) is 5.24. The first-order valence-electron chi connectivity index (χ1n) is 5.24. The average molecular weight is 184 g/mol. The molecule has 1 saturated carbocycles. The monoisotopic (exact) mass is 184 g/mol. The maximum absolute atomic E-state index is 11.6. The fourth-order valence-corrected chi connectivity index (χ4v) is 1.87. The largest absolute Gasteiger partial charge is 0.353 e. The molecule has 0 heterocycles. The fraction of sp³-hybridized carbons (Fsp3) is 0.900. The number of hydrogen-bond donors (Lipinski definition) is 2. The molecule has 0 aromatic rings. The van der Waals surface area contributed by atoms with Crippen LogP contribution in [0.1, 0.15) is 39.0 Å². The molecule has 1 aliphatic rings. The molecule has 0 spiro atoms. The lowest BCUT2D eigenvalue weighted by molar-refractivity contribution is -0.125. The van der Waals surface area contributed by atoms with Crippen LogP contribution in [0.15, 0.2) is 0 Å². The Balaban J connectivity index is 2.23. The second-order valence-electron chi connectivity index (χ2n) is 3.97. The Morgan fingerprint density at radius 1 is 1.54 bits per heavy atom. The molecule has 0 aliphatic heterocycles. The number of nitrogens with one attached hydrogen (secondary N) is 1. The molecule has 3 heteroatoms. The van der Waals surface area contributed by atoms with Crippen LogP contribution in [0.25, 0.3) is 0 Å². The lowest BCUT2D eigenvalue weighted by Gasteiger charge is -2.15. The highest BCUT2D eigenvalue weighted by molar-refractivity contribution is 5.79. The van der Waals surface area contributed by atoms with E-state index >= 15 is 0 Å². The zero-order chi connectivity index (χ0) is 9.68. The van der Waals surface area contributed by atoms with Crippen molar-refractivity contribution in [2.75, 3.05) is 6.54 Å². The second kappa shape index (κ2) is 5.22. The second-order valence-corrected chi connectivity index (χ2v) is 3.97. The highest BCUT2D eigenvalue weighted by Gasteiger charge is 2.23. The summed E-state index contributed by atoms with van der Waals surface area (Å²) in [6, 6.07) is 0.234. The number of amides is 1. The van der Waals surface area contributed by atoms with Crippen molar-refractivity contribution < 1.29 is 4.79 Å². The van der Waals surface area contributed by atoms with Gasteiger partial charge in [0.05, 0.1) is 0 Å². The van der Waals surface area contributed by atoms with Gasteiger partial charge in [0, 0.05) is 12.0 Å². The van der Waals surface area contributed by atoms with Crippen molar-refractivity contribution in [1.29, 1.82) is 0 Å². The van der Waals surface area contributed by atoms with Crippen LogP contribution < -0.4 is 11.1 Å². The predicted octanol–water partition coefficient (Wildman–Crippen LogP) is 1.03. The first kappa shape index (κ1) is 10.5. The van der Waals surface area contributed by atoms with Gasteiger partial charge >= 0.3 is 0 Å². The first-order chi connectivity index (χ1) is 6.24. The summed E-state index contributed by atoms with van der Waals surface area (Å²) in [4.78, 5) is 11.6. The third-order valence-corrected chi connectivity index (χ3v) is 2.71. The van der Waals surface area contributed by atoms with Crippen LogP contribution in [-0.4, -0.2) is 18.5 Å². The van der Waals surface area contributed by atoms with Crippen molar-refractivity contribution >= 4 is 5.91 Å². The van der Waals surface area contributed by atoms with Gasteiger partial charge in [-0.3, -0.25) is 4.79 Å². The van der Waals surface area contributed by atoms with Crippen molar-refractivity contribution in [3.8, 4) is 0 Å². The summed E-state index contributed by atoms with van der Waals surface area (Å²) in [5.41, 5.74) is 5.41. The topological polar surface area (TPSA) is 55.1 Å². The van der Waals surface area contributed by atoms with Crippen molar-refractivity contribution in [3.63, 3.8) is 0 Å². The molecule has 1 unspecified atom stereocenters. The lowest BCUT2D eigenvalue weighted by atomic mass is 10.1. The molecule has 76 valence electrons. The summed E-state index contributed by atoms with van der Waals surface area (Å²) >= 11 is 0. The Labute approximate surface area is 80.1 Å². The molecule has 0 aromatic heterocycles. The van der Waals surface area contributed by atoms with Crippen LogP contribution >= 0.6 is 0 Å². The summed E-state index contributed by atoms with van der Waals surface area (Å²) in [6.07, 6.45) is 5.44. The molecule has 1 fully saturated rings. The molecule has 1 atom stereocenters. The van der Waals surface area contributed by atoms with E-state index in [-0.39, 0.29) is 17.9 Å². The van der Waals surface area contributed by atoms with Gasteiger partial charge < -0.3 is 11.1 Å². The van der Waals surface area contributed by atoms with Crippen LogP contribution in [0.5, 0.6) is 0 Å². The van der Waals surface area contributed by atoms with Gasteiger partial charge in [-0.1, -0.05) is 12.8 Å². The standard InChI is InChI=1S/C10H20N2O/c1-8(6-7-11)12-10(13)9-4-2-3-5-9/h8-9H,2-7,11H2,1H3,(H,12,13). The third kappa shape index (κ3) is 3.35. The van der Waals surface area contributed by atoms with Crippen LogP contribution in [0.3, 0.4) is 0 Å². The maximum atomic E-state index is 11.6. The van der Waals surface area contributed by atoms with Crippen LogP contribution in [-0.2, 0) is 4.79 Å². The average Bonchev–Trinajstić information content (AvgIpc) is 2.55. The Morgan fingerprint density at radius 2 is 2.15 bits per heavy atom. The number of rotatable bonds is 4. The van der Waals surface area contributed by atoms with E-state index in [1.54, 1.807) is 0 Å². The summed E-state index contributed by atoms with van der Waals surface area (Å²) in [7, 11) is 0. The highest BCUT2D eigenvalue weighted by atomic mass is 16.1. The minimum atomic E-state index is 0.234. The number of carbonyl (C=O) groups is 1. The summed E-state index contributed by atoms with van der Waals surface area (Å²) in [5, 5.41) is 3.00. The molecule has 0 bridgehead atoms. The van der Waals surface area contributed by atoms with E-state index in [1.807, 2.05) is 6.92 Å². The van der Waals surface area contributed by atoms with Gasteiger partial charge in [-0.15, -0.1) is 0 Å². The minimum absolute atomic E-state index is 0.234. The van der Waals surface area contributed by atoms with E-state index in [2.05, 4.69) is 5.32 Å². The Hall–Kier alpha value is -0.570. The van der Waals surface area contributed by atoms with Crippen molar-refractivity contribution in [1.82, 2.24) is 5.32 Å². The van der Waals surface area contributed by atoms with E-state index in [4.69, 9.17) is 5.73 Å². The summed E-state index contributed by atoms with van der Waals surface area (Å²) < 4.78 is 0. The molecule has 1 amide bonds. The van der Waals surface area contributed by atoms with E-state index in [0.717, 1.165) is 19.3 Å². The van der Waals surface area contributed by atoms with Crippen molar-refractivity contribution in [2.45, 2.75) is 45.1 Å². The van der Waals surface area contributed by atoms with E-state index < -0.39 is 0 Å². The van der Waals surface area contributed by atoms with Crippen molar-refractivity contribution in [2.24, 2.45) is 11.7 Å². The SMILES string of the molecule is CC(CCN)NC(=O)C1CCCC1. The Bertz CT molecular complexity index is 164. The van der Waals surface area contributed by atoms with Gasteiger partial charge in [-0.25, -0.2) is 0 Å². The van der Waals surface area contributed by atoms with Crippen LogP contribution in [0.2, 0.25) is 0 Å². The molecule has 3 N–H and O–H groups in total.